The van der Waals surface area contributed by atoms with Crippen molar-refractivity contribution < 1.29 is 22.6 Å². The molecule has 3 heterocycles. The second kappa shape index (κ2) is 8.35. The topological polar surface area (TPSA) is 84.6 Å². The van der Waals surface area contributed by atoms with E-state index in [-0.39, 0.29) is 17.9 Å². The number of halogens is 3. The number of ether oxygens (including phenoxy) is 2. The maximum Gasteiger partial charge on any atom is 0.417 e. The first-order valence-electron chi connectivity index (χ1n) is 12.2. The molecule has 6 nitrogen and oxygen atoms in total. The molecular weight excluding hydrogens is 471 g/mol. The molecule has 1 saturated heterocycles. The number of pyridine rings is 1. The molecule has 9 heteroatoms. The summed E-state index contributed by atoms with van der Waals surface area (Å²) in [5, 5.41) is 13.0. The predicted molar refractivity (Wildman–Crippen MR) is 125 cm³/mol. The molecule has 0 radical (unpaired) electrons. The zero-order valence-electron chi connectivity index (χ0n) is 20.7. The summed E-state index contributed by atoms with van der Waals surface area (Å²) in [6, 6.07) is 4.65. The fourth-order valence-corrected chi connectivity index (χ4v) is 6.09. The number of rotatable bonds is 3. The van der Waals surface area contributed by atoms with E-state index in [1.54, 1.807) is 6.07 Å². The second-order valence-electron chi connectivity index (χ2n) is 11.2. The number of alkyl halides is 3. The van der Waals surface area contributed by atoms with Crippen molar-refractivity contribution in [3.05, 3.63) is 67.9 Å². The highest BCUT2D eigenvalue weighted by Gasteiger charge is 2.54. The molecule has 1 unspecified atom stereocenters. The van der Waals surface area contributed by atoms with Crippen LogP contribution in [0.25, 0.3) is 0 Å². The van der Waals surface area contributed by atoms with Crippen LogP contribution >= 0.6 is 0 Å². The molecular formula is C27H28F3N3O3. The lowest BCUT2D eigenvalue weighted by Crippen LogP contribution is -2.33. The average molecular weight is 500 g/mol. The van der Waals surface area contributed by atoms with Gasteiger partial charge in [0.15, 0.2) is 0 Å². The molecule has 2 aromatic rings. The van der Waals surface area contributed by atoms with Crippen molar-refractivity contribution in [2.45, 2.75) is 76.8 Å². The standard InChI is InChI=1S/C27H28F3N3O3/c1-14(2)23-21-22(20-18(32-23)10-25(3,4)11-19(20)33-34)26(7-8-35-13-26)36-24(21)15-5-6-17(27(28,29)30)16(9-15)12-31/h5-6,9,14,19,24H,7-8,10-11,13H2,1-4H3/t19-,24?,26-/m0/s1. The minimum absolute atomic E-state index is 0.00909. The van der Waals surface area contributed by atoms with Gasteiger partial charge in [-0.25, -0.2) is 0 Å². The summed E-state index contributed by atoms with van der Waals surface area (Å²) in [7, 11) is 0. The van der Waals surface area contributed by atoms with E-state index in [0.717, 1.165) is 34.1 Å². The minimum atomic E-state index is -4.64. The summed E-state index contributed by atoms with van der Waals surface area (Å²) < 4.78 is 52.9. The van der Waals surface area contributed by atoms with Gasteiger partial charge in [0.25, 0.3) is 0 Å². The van der Waals surface area contributed by atoms with Crippen LogP contribution in [-0.2, 0) is 27.7 Å². The number of aromatic nitrogens is 1. The van der Waals surface area contributed by atoms with Gasteiger partial charge >= 0.3 is 6.18 Å². The first kappa shape index (κ1) is 24.8. The van der Waals surface area contributed by atoms with Crippen molar-refractivity contribution in [1.29, 1.82) is 5.26 Å². The Morgan fingerprint density at radius 2 is 2.00 bits per heavy atom. The third-order valence-electron chi connectivity index (χ3n) is 7.60. The number of nitriles is 1. The Kier molecular flexibility index (Phi) is 5.77. The van der Waals surface area contributed by atoms with Crippen LogP contribution in [0.5, 0.6) is 0 Å². The van der Waals surface area contributed by atoms with Gasteiger partial charge in [0.1, 0.15) is 17.7 Å². The van der Waals surface area contributed by atoms with E-state index in [1.807, 2.05) is 13.8 Å². The molecule has 0 saturated carbocycles. The molecule has 36 heavy (non-hydrogen) atoms. The van der Waals surface area contributed by atoms with Gasteiger partial charge in [-0.05, 0) is 41.9 Å². The Morgan fingerprint density at radius 3 is 2.58 bits per heavy atom. The van der Waals surface area contributed by atoms with Crippen LogP contribution in [0.15, 0.2) is 23.4 Å². The van der Waals surface area contributed by atoms with Gasteiger partial charge in [-0.3, -0.25) is 4.98 Å². The normalized spacial score (nSPS) is 26.6. The maximum atomic E-state index is 13.5. The molecule has 190 valence electrons. The maximum absolute atomic E-state index is 13.5. The highest BCUT2D eigenvalue weighted by Crippen LogP contribution is 2.57. The van der Waals surface area contributed by atoms with Crippen molar-refractivity contribution in [1.82, 2.24) is 4.98 Å². The van der Waals surface area contributed by atoms with Gasteiger partial charge < -0.3 is 9.47 Å². The third-order valence-corrected chi connectivity index (χ3v) is 7.60. The van der Waals surface area contributed by atoms with Crippen LogP contribution in [0.4, 0.5) is 13.2 Å². The molecule has 1 fully saturated rings. The molecule has 0 amide bonds. The fourth-order valence-electron chi connectivity index (χ4n) is 6.09. The number of hydrogen-bond acceptors (Lipinski definition) is 6. The summed E-state index contributed by atoms with van der Waals surface area (Å²) in [5.41, 5.74) is 2.03. The first-order valence-corrected chi connectivity index (χ1v) is 12.2. The molecule has 1 aromatic carbocycles. The number of benzene rings is 1. The van der Waals surface area contributed by atoms with E-state index in [9.17, 15) is 23.3 Å². The molecule has 0 N–H and O–H groups in total. The fraction of sp³-hybridized carbons (Fsp3) is 0.556. The Hall–Kier alpha value is -2.83. The van der Waals surface area contributed by atoms with Gasteiger partial charge in [0, 0.05) is 41.1 Å². The van der Waals surface area contributed by atoms with Crippen molar-refractivity contribution in [3.63, 3.8) is 0 Å². The highest BCUT2D eigenvalue weighted by atomic mass is 19.4. The van der Waals surface area contributed by atoms with Crippen LogP contribution in [0.1, 0.15) is 103 Å². The van der Waals surface area contributed by atoms with Gasteiger partial charge in [-0.1, -0.05) is 38.9 Å². The summed E-state index contributed by atoms with van der Waals surface area (Å²) in [4.78, 5) is 17.1. The lowest BCUT2D eigenvalue weighted by Gasteiger charge is -2.37. The molecule has 3 atom stereocenters. The van der Waals surface area contributed by atoms with E-state index in [1.165, 1.54) is 12.1 Å². The Labute approximate surface area is 207 Å². The first-order chi connectivity index (χ1) is 16.9. The van der Waals surface area contributed by atoms with E-state index in [0.29, 0.717) is 31.4 Å². The van der Waals surface area contributed by atoms with Gasteiger partial charge in [0.05, 0.1) is 23.8 Å². The van der Waals surface area contributed by atoms with Gasteiger partial charge in [0.2, 0.25) is 0 Å². The quantitative estimate of drug-likeness (QED) is 0.444. The summed E-state index contributed by atoms with van der Waals surface area (Å²) in [5.74, 6) is -0.00909. The number of nitroso groups, excluding NO2 is 1. The van der Waals surface area contributed by atoms with Crippen LogP contribution in [-0.4, -0.2) is 18.2 Å². The molecule has 2 aliphatic heterocycles. The Bertz CT molecular complexity index is 1270. The lowest BCUT2D eigenvalue weighted by molar-refractivity contribution is -0.137. The van der Waals surface area contributed by atoms with Gasteiger partial charge in [-0.2, -0.15) is 23.3 Å². The molecule has 1 spiro atoms. The molecule has 5 rings (SSSR count). The zero-order valence-corrected chi connectivity index (χ0v) is 20.7. The van der Waals surface area contributed by atoms with E-state index in [2.05, 4.69) is 19.0 Å². The molecule has 1 aromatic heterocycles. The largest absolute Gasteiger partial charge is 0.417 e. The van der Waals surface area contributed by atoms with E-state index >= 15 is 0 Å². The SMILES string of the molecule is CC(C)c1nc2c(c3c1C(c1ccc(C(F)(F)F)c(C#N)c1)O[C@]31CCOC1)[C@@H](N=O)CC(C)(C)C2. The van der Waals surface area contributed by atoms with Crippen molar-refractivity contribution in [2.24, 2.45) is 10.6 Å². The number of fused-ring (bicyclic) bond motifs is 4. The monoisotopic (exact) mass is 499 g/mol. The zero-order chi connectivity index (χ0) is 26.0. The molecule has 3 aliphatic rings. The summed E-state index contributed by atoms with van der Waals surface area (Å²) in [6.07, 6.45) is -3.59. The van der Waals surface area contributed by atoms with Crippen LogP contribution in [0.2, 0.25) is 0 Å². The van der Waals surface area contributed by atoms with Crippen molar-refractivity contribution in [2.75, 3.05) is 13.2 Å². The summed E-state index contributed by atoms with van der Waals surface area (Å²) >= 11 is 0. The Balaban J connectivity index is 1.79. The lowest BCUT2D eigenvalue weighted by atomic mass is 9.70. The van der Waals surface area contributed by atoms with E-state index < -0.39 is 35.1 Å². The van der Waals surface area contributed by atoms with Gasteiger partial charge in [-0.15, -0.1) is 0 Å². The van der Waals surface area contributed by atoms with Crippen LogP contribution < -0.4 is 0 Å². The smallest absolute Gasteiger partial charge is 0.378 e. The predicted octanol–water partition coefficient (Wildman–Crippen LogP) is 6.61. The number of hydrogen-bond donors (Lipinski definition) is 0. The van der Waals surface area contributed by atoms with E-state index in [4.69, 9.17) is 14.5 Å². The third kappa shape index (κ3) is 3.82. The van der Waals surface area contributed by atoms with Crippen molar-refractivity contribution in [3.8, 4) is 6.07 Å². The molecule has 1 aliphatic carbocycles. The summed E-state index contributed by atoms with van der Waals surface area (Å²) in [6.45, 7) is 8.94. The number of nitrogens with zero attached hydrogens (tertiary/aromatic N) is 3. The second-order valence-corrected chi connectivity index (χ2v) is 11.2. The average Bonchev–Trinajstić information content (AvgIpc) is 3.41. The highest BCUT2D eigenvalue weighted by molar-refractivity contribution is 5.56. The molecule has 0 bridgehead atoms. The minimum Gasteiger partial charge on any atom is -0.378 e. The van der Waals surface area contributed by atoms with Crippen LogP contribution in [0, 0.1) is 21.7 Å². The Morgan fingerprint density at radius 1 is 1.25 bits per heavy atom. The van der Waals surface area contributed by atoms with Crippen molar-refractivity contribution >= 4 is 0 Å². The van der Waals surface area contributed by atoms with Crippen LogP contribution in [0.3, 0.4) is 0 Å².